The number of anilines is 1. The van der Waals surface area contributed by atoms with Crippen LogP contribution >= 0.6 is 0 Å². The first-order valence-corrected chi connectivity index (χ1v) is 6.18. The number of rotatable bonds is 4. The Hall–Kier alpha value is -2.49. The van der Waals surface area contributed by atoms with Crippen molar-refractivity contribution in [3.8, 4) is 5.75 Å². The molecule has 0 saturated heterocycles. The number of oxazole rings is 1. The van der Waals surface area contributed by atoms with E-state index in [1.54, 1.807) is 12.1 Å². The zero-order chi connectivity index (χ0) is 13.1. The van der Waals surface area contributed by atoms with E-state index >= 15 is 0 Å². The fraction of sp³-hybridized carbons (Fsp3) is 0.133. The molecule has 0 saturated carbocycles. The summed E-state index contributed by atoms with van der Waals surface area (Å²) in [7, 11) is 0. The normalized spacial score (nSPS) is 10.7. The fourth-order valence-electron chi connectivity index (χ4n) is 1.92. The molecule has 4 heteroatoms. The van der Waals surface area contributed by atoms with E-state index in [0.717, 1.165) is 29.6 Å². The third-order valence-electron chi connectivity index (χ3n) is 2.92. The minimum absolute atomic E-state index is 0.288. The second-order valence-corrected chi connectivity index (χ2v) is 4.33. The number of fused-ring (bicyclic) bond motifs is 1. The zero-order valence-electron chi connectivity index (χ0n) is 10.3. The zero-order valence-corrected chi connectivity index (χ0v) is 10.3. The summed E-state index contributed by atoms with van der Waals surface area (Å²) in [6.07, 6.45) is 0.846. The van der Waals surface area contributed by atoms with Gasteiger partial charge in [0.15, 0.2) is 5.58 Å². The van der Waals surface area contributed by atoms with E-state index in [4.69, 9.17) is 4.42 Å². The number of para-hydroxylation sites is 2. The molecule has 0 radical (unpaired) electrons. The van der Waals surface area contributed by atoms with Gasteiger partial charge in [0.05, 0.1) is 0 Å². The lowest BCUT2D eigenvalue weighted by molar-refractivity contribution is 0.475. The molecule has 1 heterocycles. The maximum Gasteiger partial charge on any atom is 0.295 e. The summed E-state index contributed by atoms with van der Waals surface area (Å²) in [5.41, 5.74) is 2.80. The minimum Gasteiger partial charge on any atom is -0.508 e. The molecule has 19 heavy (non-hydrogen) atoms. The number of phenols is 1. The van der Waals surface area contributed by atoms with Crippen molar-refractivity contribution in [3.05, 3.63) is 54.1 Å². The van der Waals surface area contributed by atoms with E-state index < -0.39 is 0 Å². The van der Waals surface area contributed by atoms with Crippen LogP contribution in [0.25, 0.3) is 11.1 Å². The van der Waals surface area contributed by atoms with Crippen LogP contribution in [0.1, 0.15) is 5.56 Å². The van der Waals surface area contributed by atoms with Crippen LogP contribution in [0.5, 0.6) is 5.75 Å². The summed E-state index contributed by atoms with van der Waals surface area (Å²) >= 11 is 0. The number of aromatic hydroxyl groups is 1. The number of phenolic OH excluding ortho intramolecular Hbond substituents is 1. The van der Waals surface area contributed by atoms with E-state index in [2.05, 4.69) is 10.3 Å². The standard InChI is InChI=1S/C15H14N2O2/c18-12-7-5-11(6-8-12)9-10-16-15-17-13-3-1-2-4-14(13)19-15/h1-8,18H,9-10H2,(H,16,17). The fourth-order valence-corrected chi connectivity index (χ4v) is 1.92. The molecule has 0 unspecified atom stereocenters. The van der Waals surface area contributed by atoms with Gasteiger partial charge in [0.1, 0.15) is 11.3 Å². The highest BCUT2D eigenvalue weighted by Crippen LogP contribution is 2.18. The smallest absolute Gasteiger partial charge is 0.295 e. The van der Waals surface area contributed by atoms with Gasteiger partial charge < -0.3 is 14.8 Å². The average Bonchev–Trinajstić information content (AvgIpc) is 2.83. The molecule has 0 fully saturated rings. The van der Waals surface area contributed by atoms with Crippen LogP contribution in [0.2, 0.25) is 0 Å². The molecule has 0 amide bonds. The van der Waals surface area contributed by atoms with Crippen LogP contribution in [-0.2, 0) is 6.42 Å². The first-order valence-electron chi connectivity index (χ1n) is 6.18. The Morgan fingerprint density at radius 2 is 1.84 bits per heavy atom. The van der Waals surface area contributed by atoms with Crippen LogP contribution < -0.4 is 5.32 Å². The summed E-state index contributed by atoms with van der Waals surface area (Å²) in [6.45, 7) is 0.734. The largest absolute Gasteiger partial charge is 0.508 e. The molecule has 3 rings (SSSR count). The van der Waals surface area contributed by atoms with Crippen molar-refractivity contribution in [1.29, 1.82) is 0 Å². The first-order chi connectivity index (χ1) is 9.31. The molecule has 2 aromatic carbocycles. The van der Waals surface area contributed by atoms with Crippen molar-refractivity contribution >= 4 is 17.1 Å². The third kappa shape index (κ3) is 2.68. The lowest BCUT2D eigenvalue weighted by Gasteiger charge is -2.02. The molecule has 0 atom stereocenters. The Balaban J connectivity index is 1.61. The predicted molar refractivity (Wildman–Crippen MR) is 74.3 cm³/mol. The SMILES string of the molecule is Oc1ccc(CCNc2nc3ccccc3o2)cc1. The summed E-state index contributed by atoms with van der Waals surface area (Å²) in [4.78, 5) is 4.34. The summed E-state index contributed by atoms with van der Waals surface area (Å²) < 4.78 is 5.56. The topological polar surface area (TPSA) is 58.3 Å². The molecule has 2 N–H and O–H groups in total. The van der Waals surface area contributed by atoms with E-state index in [0.29, 0.717) is 6.01 Å². The van der Waals surface area contributed by atoms with Gasteiger partial charge in [-0.15, -0.1) is 0 Å². The maximum absolute atomic E-state index is 9.20. The molecule has 0 aliphatic carbocycles. The third-order valence-corrected chi connectivity index (χ3v) is 2.92. The lowest BCUT2D eigenvalue weighted by atomic mass is 10.1. The molecule has 96 valence electrons. The maximum atomic E-state index is 9.20. The summed E-state index contributed by atoms with van der Waals surface area (Å²) in [5.74, 6) is 0.288. The summed E-state index contributed by atoms with van der Waals surface area (Å²) in [6, 6.07) is 15.4. The Morgan fingerprint density at radius 1 is 1.05 bits per heavy atom. The van der Waals surface area contributed by atoms with Gasteiger partial charge in [0.2, 0.25) is 0 Å². The van der Waals surface area contributed by atoms with Gasteiger partial charge in [-0.2, -0.15) is 4.98 Å². The van der Waals surface area contributed by atoms with E-state index in [1.807, 2.05) is 36.4 Å². The van der Waals surface area contributed by atoms with E-state index in [-0.39, 0.29) is 5.75 Å². The predicted octanol–water partition coefficient (Wildman–Crippen LogP) is 3.19. The second-order valence-electron chi connectivity index (χ2n) is 4.33. The van der Waals surface area contributed by atoms with Gasteiger partial charge >= 0.3 is 0 Å². The monoisotopic (exact) mass is 254 g/mol. The quantitative estimate of drug-likeness (QED) is 0.750. The van der Waals surface area contributed by atoms with Crippen molar-refractivity contribution in [2.75, 3.05) is 11.9 Å². The molecule has 4 nitrogen and oxygen atoms in total. The highest BCUT2D eigenvalue weighted by Gasteiger charge is 2.03. The molecule has 0 aliphatic rings. The number of aromatic nitrogens is 1. The molecule has 1 aromatic heterocycles. The van der Waals surface area contributed by atoms with E-state index in [1.165, 1.54) is 0 Å². The molecule has 0 spiro atoms. The second kappa shape index (κ2) is 5.02. The van der Waals surface area contributed by atoms with Crippen LogP contribution in [-0.4, -0.2) is 16.6 Å². The Kier molecular flexibility index (Phi) is 3.06. The molecular weight excluding hydrogens is 240 g/mol. The molecular formula is C15H14N2O2. The number of nitrogens with one attached hydrogen (secondary N) is 1. The number of benzene rings is 2. The molecule has 0 bridgehead atoms. The minimum atomic E-state index is 0.288. The van der Waals surface area contributed by atoms with Crippen molar-refractivity contribution in [1.82, 2.24) is 4.98 Å². The lowest BCUT2D eigenvalue weighted by Crippen LogP contribution is -2.04. The molecule has 3 aromatic rings. The number of hydrogen-bond acceptors (Lipinski definition) is 4. The first kappa shape index (κ1) is 11.6. The van der Waals surface area contributed by atoms with Crippen molar-refractivity contribution in [3.63, 3.8) is 0 Å². The van der Waals surface area contributed by atoms with Gasteiger partial charge in [0.25, 0.3) is 6.01 Å². The van der Waals surface area contributed by atoms with Gasteiger partial charge in [-0.25, -0.2) is 0 Å². The van der Waals surface area contributed by atoms with Crippen molar-refractivity contribution in [2.24, 2.45) is 0 Å². The van der Waals surface area contributed by atoms with Crippen LogP contribution in [0, 0.1) is 0 Å². The van der Waals surface area contributed by atoms with Crippen molar-refractivity contribution in [2.45, 2.75) is 6.42 Å². The highest BCUT2D eigenvalue weighted by atomic mass is 16.4. The van der Waals surface area contributed by atoms with Crippen LogP contribution in [0.4, 0.5) is 6.01 Å². The van der Waals surface area contributed by atoms with Gasteiger partial charge in [-0.05, 0) is 36.2 Å². The van der Waals surface area contributed by atoms with Gasteiger partial charge in [-0.3, -0.25) is 0 Å². The summed E-state index contributed by atoms with van der Waals surface area (Å²) in [5, 5.41) is 12.4. The van der Waals surface area contributed by atoms with Gasteiger partial charge in [-0.1, -0.05) is 24.3 Å². The highest BCUT2D eigenvalue weighted by molar-refractivity contribution is 5.74. The van der Waals surface area contributed by atoms with Crippen molar-refractivity contribution < 1.29 is 9.52 Å². The Morgan fingerprint density at radius 3 is 2.63 bits per heavy atom. The van der Waals surface area contributed by atoms with Gasteiger partial charge in [0, 0.05) is 6.54 Å². The number of hydrogen-bond donors (Lipinski definition) is 2. The Labute approximate surface area is 110 Å². The molecule has 0 aliphatic heterocycles. The average molecular weight is 254 g/mol. The van der Waals surface area contributed by atoms with Crippen LogP contribution in [0.3, 0.4) is 0 Å². The van der Waals surface area contributed by atoms with E-state index in [9.17, 15) is 5.11 Å². The Bertz CT molecular complexity index is 641. The van der Waals surface area contributed by atoms with Crippen LogP contribution in [0.15, 0.2) is 52.9 Å². The number of nitrogens with zero attached hydrogens (tertiary/aromatic N) is 1.